The van der Waals surface area contributed by atoms with Crippen molar-refractivity contribution in [1.29, 1.82) is 0 Å². The fourth-order valence-corrected chi connectivity index (χ4v) is 1.33. The standard InChI is InChI=1S/C9H20NS/c1-6-7-9(2,3)10(4,5)8-11/h8H,6-7H2,1-5H3/q+1. The van der Waals surface area contributed by atoms with Crippen molar-refractivity contribution in [2.45, 2.75) is 39.2 Å². The van der Waals surface area contributed by atoms with Gasteiger partial charge in [-0.25, -0.2) is 0 Å². The van der Waals surface area contributed by atoms with Gasteiger partial charge in [-0.1, -0.05) is 13.3 Å². The predicted molar refractivity (Wildman–Crippen MR) is 54.8 cm³/mol. The van der Waals surface area contributed by atoms with Gasteiger partial charge in [0.2, 0.25) is 0 Å². The summed E-state index contributed by atoms with van der Waals surface area (Å²) < 4.78 is 0.816. The normalized spacial score (nSPS) is 13.2. The van der Waals surface area contributed by atoms with Gasteiger partial charge in [0.15, 0.2) is 5.49 Å². The third-order valence-corrected chi connectivity index (χ3v) is 3.21. The van der Waals surface area contributed by atoms with E-state index in [1.807, 2.05) is 5.49 Å². The van der Waals surface area contributed by atoms with Gasteiger partial charge in [-0.3, -0.25) is 4.48 Å². The summed E-state index contributed by atoms with van der Waals surface area (Å²) in [6.45, 7) is 6.74. The van der Waals surface area contributed by atoms with Gasteiger partial charge in [0.05, 0.1) is 19.6 Å². The number of nitrogens with zero attached hydrogens (tertiary/aromatic N) is 1. The highest BCUT2D eigenvalue weighted by atomic mass is 32.1. The molecule has 0 unspecified atom stereocenters. The molecular formula is C9H20NS+. The van der Waals surface area contributed by atoms with Gasteiger partial charge in [0.1, 0.15) is 0 Å². The molecule has 0 fully saturated rings. The first-order valence-corrected chi connectivity index (χ1v) is 4.64. The van der Waals surface area contributed by atoms with Crippen molar-refractivity contribution in [3.63, 3.8) is 0 Å². The van der Waals surface area contributed by atoms with E-state index in [0.29, 0.717) is 0 Å². The quantitative estimate of drug-likeness (QED) is 0.466. The van der Waals surface area contributed by atoms with Crippen LogP contribution >= 0.6 is 12.2 Å². The lowest BCUT2D eigenvalue weighted by Crippen LogP contribution is -2.54. The Hall–Kier alpha value is 0.0500. The Balaban J connectivity index is 4.38. The van der Waals surface area contributed by atoms with Crippen LogP contribution in [0.3, 0.4) is 0 Å². The van der Waals surface area contributed by atoms with Crippen LogP contribution in [-0.4, -0.2) is 29.6 Å². The van der Waals surface area contributed by atoms with E-state index in [9.17, 15) is 0 Å². The van der Waals surface area contributed by atoms with Gasteiger partial charge in [-0.15, -0.1) is 0 Å². The monoisotopic (exact) mass is 174 g/mol. The zero-order valence-electron chi connectivity index (χ0n) is 8.35. The first-order valence-electron chi connectivity index (χ1n) is 4.17. The van der Waals surface area contributed by atoms with Crippen LogP contribution in [0.5, 0.6) is 0 Å². The molecule has 11 heavy (non-hydrogen) atoms. The Morgan fingerprint density at radius 2 is 1.82 bits per heavy atom. The molecule has 0 saturated heterocycles. The average molecular weight is 174 g/mol. The summed E-state index contributed by atoms with van der Waals surface area (Å²) in [6, 6.07) is 0. The lowest BCUT2D eigenvalue weighted by Gasteiger charge is -2.40. The molecule has 2 heteroatoms. The minimum atomic E-state index is 0.274. The molecule has 0 radical (unpaired) electrons. The maximum Gasteiger partial charge on any atom is 0.161 e. The van der Waals surface area contributed by atoms with Crippen LogP contribution in [0.1, 0.15) is 33.6 Å². The van der Waals surface area contributed by atoms with Gasteiger partial charge in [0.25, 0.3) is 0 Å². The molecule has 0 bridgehead atoms. The molecule has 0 atom stereocenters. The predicted octanol–water partition coefficient (Wildman–Crippen LogP) is 2.60. The van der Waals surface area contributed by atoms with E-state index in [-0.39, 0.29) is 5.54 Å². The molecule has 0 N–H and O–H groups in total. The minimum Gasteiger partial charge on any atom is -0.288 e. The summed E-state index contributed by atoms with van der Waals surface area (Å²) in [5, 5.41) is 0. The van der Waals surface area contributed by atoms with E-state index in [4.69, 9.17) is 12.2 Å². The Kier molecular flexibility index (Phi) is 3.65. The van der Waals surface area contributed by atoms with Gasteiger partial charge in [-0.2, -0.15) is 0 Å². The zero-order valence-corrected chi connectivity index (χ0v) is 9.16. The molecule has 0 aliphatic carbocycles. The van der Waals surface area contributed by atoms with Crippen LogP contribution in [-0.2, 0) is 0 Å². The molecule has 1 nitrogen and oxygen atoms in total. The Labute approximate surface area is 76.0 Å². The van der Waals surface area contributed by atoms with Crippen molar-refractivity contribution in [1.82, 2.24) is 0 Å². The van der Waals surface area contributed by atoms with E-state index in [1.54, 1.807) is 0 Å². The van der Waals surface area contributed by atoms with Gasteiger partial charge >= 0.3 is 0 Å². The number of rotatable bonds is 4. The number of quaternary nitrogens is 1. The van der Waals surface area contributed by atoms with Gasteiger partial charge in [0, 0.05) is 6.42 Å². The first kappa shape index (κ1) is 11.1. The van der Waals surface area contributed by atoms with Crippen LogP contribution in [0, 0.1) is 0 Å². The second-order valence-corrected chi connectivity index (χ2v) is 4.42. The number of hydrogen-bond donors (Lipinski definition) is 0. The Bertz CT molecular complexity index is 138. The number of hydrogen-bond acceptors (Lipinski definition) is 1. The molecule has 0 aromatic carbocycles. The molecule has 0 aromatic rings. The van der Waals surface area contributed by atoms with E-state index in [1.165, 1.54) is 12.8 Å². The van der Waals surface area contributed by atoms with Crippen LogP contribution in [0.25, 0.3) is 0 Å². The molecule has 0 spiro atoms. The highest BCUT2D eigenvalue weighted by Crippen LogP contribution is 2.23. The fraction of sp³-hybridized carbons (Fsp3) is 0.889. The summed E-state index contributed by atoms with van der Waals surface area (Å²) in [4.78, 5) is 0. The van der Waals surface area contributed by atoms with Crippen molar-refractivity contribution in [3.8, 4) is 0 Å². The summed E-state index contributed by atoms with van der Waals surface area (Å²) in [5.74, 6) is 0. The molecule has 0 amide bonds. The lowest BCUT2D eigenvalue weighted by molar-refractivity contribution is -0.845. The minimum absolute atomic E-state index is 0.274. The van der Waals surface area contributed by atoms with Crippen LogP contribution in [0.2, 0.25) is 0 Å². The highest BCUT2D eigenvalue weighted by Gasteiger charge is 2.33. The van der Waals surface area contributed by atoms with Crippen LogP contribution in [0.15, 0.2) is 0 Å². The third kappa shape index (κ3) is 2.53. The first-order chi connectivity index (χ1) is 4.87. The second kappa shape index (κ2) is 3.63. The highest BCUT2D eigenvalue weighted by molar-refractivity contribution is 7.78. The van der Waals surface area contributed by atoms with Crippen molar-refractivity contribution in [2.24, 2.45) is 0 Å². The van der Waals surface area contributed by atoms with Crippen LogP contribution in [0.4, 0.5) is 0 Å². The largest absolute Gasteiger partial charge is 0.288 e. The SMILES string of the molecule is CCCC(C)(C)[N+](C)(C)C=S. The van der Waals surface area contributed by atoms with E-state index < -0.39 is 0 Å². The number of thiocarbonyl (C=S) groups is 1. The van der Waals surface area contributed by atoms with Crippen LogP contribution < -0.4 is 0 Å². The van der Waals surface area contributed by atoms with E-state index >= 15 is 0 Å². The smallest absolute Gasteiger partial charge is 0.161 e. The van der Waals surface area contributed by atoms with Crippen molar-refractivity contribution in [3.05, 3.63) is 0 Å². The summed E-state index contributed by atoms with van der Waals surface area (Å²) >= 11 is 5.00. The Morgan fingerprint density at radius 1 is 1.36 bits per heavy atom. The summed E-state index contributed by atoms with van der Waals surface area (Å²) in [5.41, 5.74) is 2.12. The van der Waals surface area contributed by atoms with E-state index in [2.05, 4.69) is 34.9 Å². The maximum atomic E-state index is 5.00. The van der Waals surface area contributed by atoms with E-state index in [0.717, 1.165) is 4.48 Å². The summed E-state index contributed by atoms with van der Waals surface area (Å²) in [7, 11) is 4.31. The van der Waals surface area contributed by atoms with Crippen molar-refractivity contribution >= 4 is 17.7 Å². The average Bonchev–Trinajstić information content (AvgIpc) is 1.87. The molecule has 0 aromatic heterocycles. The lowest BCUT2D eigenvalue weighted by atomic mass is 9.95. The van der Waals surface area contributed by atoms with Gasteiger partial charge in [-0.05, 0) is 26.1 Å². The molecule has 0 rings (SSSR count). The fourth-order valence-electron chi connectivity index (χ4n) is 1.04. The molecule has 66 valence electrons. The Morgan fingerprint density at radius 3 is 2.09 bits per heavy atom. The third-order valence-electron chi connectivity index (χ3n) is 2.69. The molecule has 0 aliphatic heterocycles. The maximum absolute atomic E-state index is 5.00. The molecular weight excluding hydrogens is 154 g/mol. The second-order valence-electron chi connectivity index (χ2n) is 4.21. The van der Waals surface area contributed by atoms with Crippen molar-refractivity contribution < 1.29 is 4.48 Å². The summed E-state index contributed by atoms with van der Waals surface area (Å²) in [6.07, 6.45) is 2.44. The molecule has 0 heterocycles. The topological polar surface area (TPSA) is 0 Å². The zero-order chi connectivity index (χ0) is 9.12. The van der Waals surface area contributed by atoms with Crippen molar-refractivity contribution in [2.75, 3.05) is 14.1 Å². The van der Waals surface area contributed by atoms with Gasteiger partial charge < -0.3 is 0 Å². The molecule has 0 saturated carbocycles. The molecule has 0 aliphatic rings.